The first kappa shape index (κ1) is 40.8. The van der Waals surface area contributed by atoms with Crippen molar-refractivity contribution in [1.82, 2.24) is 9.13 Å². The van der Waals surface area contributed by atoms with Gasteiger partial charge in [0.1, 0.15) is 56.8 Å². The highest BCUT2D eigenvalue weighted by Crippen LogP contribution is 2.46. The molecule has 0 spiro atoms. The summed E-state index contributed by atoms with van der Waals surface area (Å²) in [5, 5.41) is 34.9. The summed E-state index contributed by atoms with van der Waals surface area (Å²) < 4.78 is 30.2. The molecule has 350 valence electrons. The predicted octanol–water partition coefficient (Wildman–Crippen LogP) is 18.6. The lowest BCUT2D eigenvalue weighted by molar-refractivity contribution is 0.668. The van der Waals surface area contributed by atoms with Gasteiger partial charge in [-0.3, -0.25) is 0 Å². The van der Waals surface area contributed by atoms with Crippen LogP contribution in [0.4, 0.5) is 0 Å². The van der Waals surface area contributed by atoms with E-state index in [9.17, 15) is 10.5 Å². The van der Waals surface area contributed by atoms with Crippen LogP contribution in [0.1, 0.15) is 11.1 Å². The molecule has 17 aromatic rings. The number of furan rings is 4. The summed E-state index contributed by atoms with van der Waals surface area (Å²) in [7, 11) is 0. The zero-order chi connectivity index (χ0) is 49.9. The number of rotatable bonds is 4. The summed E-state index contributed by atoms with van der Waals surface area (Å²) in [5.41, 5.74) is 15.7. The second-order valence-corrected chi connectivity index (χ2v) is 19.7. The summed E-state index contributed by atoms with van der Waals surface area (Å²) in [6.45, 7) is 0. The zero-order valence-electron chi connectivity index (χ0n) is 40.1. The van der Waals surface area contributed by atoms with Crippen molar-refractivity contribution in [3.05, 3.63) is 217 Å². The first-order valence-electron chi connectivity index (χ1n) is 25.2. The van der Waals surface area contributed by atoms with E-state index in [0.29, 0.717) is 11.4 Å². The highest BCUT2D eigenvalue weighted by molar-refractivity contribution is 6.26. The molecule has 0 fully saturated rings. The molecule has 17 rings (SSSR count). The van der Waals surface area contributed by atoms with Crippen LogP contribution in [0.25, 0.3) is 165 Å². The highest BCUT2D eigenvalue weighted by Gasteiger charge is 2.27. The average Bonchev–Trinajstić information content (AvgIpc) is 4.52. The lowest BCUT2D eigenvalue weighted by Gasteiger charge is -2.16. The zero-order valence-corrected chi connectivity index (χ0v) is 40.1. The number of para-hydroxylation sites is 4. The molecule has 0 N–H and O–H groups in total. The molecule has 0 radical (unpaired) electrons. The molecule has 8 heteroatoms. The van der Waals surface area contributed by atoms with Gasteiger partial charge >= 0.3 is 0 Å². The van der Waals surface area contributed by atoms with Crippen LogP contribution in [0.2, 0.25) is 0 Å². The van der Waals surface area contributed by atoms with E-state index in [1.54, 1.807) is 0 Å². The van der Waals surface area contributed by atoms with Gasteiger partial charge < -0.3 is 26.8 Å². The van der Waals surface area contributed by atoms with E-state index in [0.717, 1.165) is 154 Å². The molecule has 0 saturated carbocycles. The van der Waals surface area contributed by atoms with Gasteiger partial charge in [0, 0.05) is 53.9 Å². The van der Waals surface area contributed by atoms with Crippen LogP contribution < -0.4 is 0 Å². The second kappa shape index (κ2) is 14.9. The third-order valence-corrected chi connectivity index (χ3v) is 15.8. The Labute approximate surface area is 429 Å². The normalized spacial score (nSPS) is 12.2. The Bertz CT molecular complexity index is 5180. The van der Waals surface area contributed by atoms with Crippen molar-refractivity contribution in [2.24, 2.45) is 0 Å². The molecule has 0 aliphatic heterocycles. The SMILES string of the molecule is N#Cc1c(-n2c3ccc(-c4ccc5oc6ccccc6c5c4)cc3c3c4oc5ccccc5c4ccc32)ccc(-n2c3ccc(-c4ccc5oc6ccccc6c5c4)cc3c3c4oc5ccccc5c4ccc32)c1C#N. The number of aromatic nitrogens is 2. The molecule has 0 unspecified atom stereocenters. The van der Waals surface area contributed by atoms with Gasteiger partial charge in [0.2, 0.25) is 0 Å². The molecule has 0 amide bonds. The lowest BCUT2D eigenvalue weighted by atomic mass is 10.00. The first-order chi connectivity index (χ1) is 37.6. The fraction of sp³-hybridized carbons (Fsp3) is 0. The number of nitrogens with zero attached hydrogens (tertiary/aromatic N) is 4. The van der Waals surface area contributed by atoms with E-state index in [1.807, 2.05) is 97.1 Å². The fourth-order valence-corrected chi connectivity index (χ4v) is 12.4. The van der Waals surface area contributed by atoms with E-state index in [-0.39, 0.29) is 11.1 Å². The topological polar surface area (TPSA) is 110 Å². The lowest BCUT2D eigenvalue weighted by Crippen LogP contribution is -2.05. The summed E-state index contributed by atoms with van der Waals surface area (Å²) in [6.07, 6.45) is 0. The van der Waals surface area contributed by atoms with Gasteiger partial charge in [-0.25, -0.2) is 0 Å². The van der Waals surface area contributed by atoms with Crippen LogP contribution >= 0.6 is 0 Å². The summed E-state index contributed by atoms with van der Waals surface area (Å²) in [4.78, 5) is 0. The Morgan fingerprint density at radius 3 is 1.01 bits per heavy atom. The van der Waals surface area contributed by atoms with Gasteiger partial charge in [0.15, 0.2) is 0 Å². The summed E-state index contributed by atoms with van der Waals surface area (Å²) >= 11 is 0. The van der Waals surface area contributed by atoms with Gasteiger partial charge in [0.05, 0.1) is 55.3 Å². The van der Waals surface area contributed by atoms with Crippen molar-refractivity contribution in [2.45, 2.75) is 0 Å². The Morgan fingerprint density at radius 2 is 0.605 bits per heavy atom. The number of hydrogen-bond acceptors (Lipinski definition) is 6. The van der Waals surface area contributed by atoms with Crippen molar-refractivity contribution in [1.29, 1.82) is 10.5 Å². The monoisotopic (exact) mass is 970 g/mol. The van der Waals surface area contributed by atoms with E-state index >= 15 is 0 Å². The van der Waals surface area contributed by atoms with Crippen molar-refractivity contribution < 1.29 is 17.7 Å². The van der Waals surface area contributed by atoms with E-state index in [2.05, 4.69) is 130 Å². The number of benzene rings is 11. The highest BCUT2D eigenvalue weighted by atomic mass is 16.3. The number of nitriles is 2. The third-order valence-electron chi connectivity index (χ3n) is 15.8. The standard InChI is InChI=1S/C68H34N4O4/c69-35-51-52(36-70)56(72-54-24-18-38(40-20-30-64-48(32-40)44-12-4-6-14-60(44)74-64)34-50(54)66-58(72)26-22-46-42-10-2-8-16-62(42)76-68(46)66)28-27-55(51)71-53-23-17-37(39-19-29-63-47(31-39)43-11-3-5-13-59(43)73-63)33-49(53)65-57(71)25-21-45-41-9-1-7-15-61(41)75-67(45)65/h1-34H. The van der Waals surface area contributed by atoms with Crippen LogP contribution in [0, 0.1) is 22.7 Å². The molecule has 11 aromatic carbocycles. The fourth-order valence-electron chi connectivity index (χ4n) is 12.4. The third kappa shape index (κ3) is 5.43. The second-order valence-electron chi connectivity index (χ2n) is 19.7. The quantitative estimate of drug-likeness (QED) is 0.174. The predicted molar refractivity (Wildman–Crippen MR) is 305 cm³/mol. The Morgan fingerprint density at radius 1 is 0.276 bits per heavy atom. The molecule has 0 saturated heterocycles. The Kier molecular flexibility index (Phi) is 7.99. The molecule has 0 aliphatic rings. The molecule has 0 aliphatic carbocycles. The maximum Gasteiger partial charge on any atom is 0.145 e. The minimum atomic E-state index is 0.252. The van der Waals surface area contributed by atoms with Crippen molar-refractivity contribution >= 4 is 131 Å². The molecule has 8 nitrogen and oxygen atoms in total. The van der Waals surface area contributed by atoms with E-state index in [1.165, 1.54) is 0 Å². The molecule has 6 aromatic heterocycles. The van der Waals surface area contributed by atoms with Crippen LogP contribution in [-0.4, -0.2) is 9.13 Å². The van der Waals surface area contributed by atoms with E-state index in [4.69, 9.17) is 17.7 Å². The number of fused-ring (bicyclic) bond motifs is 20. The molecular weight excluding hydrogens is 937 g/mol. The summed E-state index contributed by atoms with van der Waals surface area (Å²) in [5.74, 6) is 0. The van der Waals surface area contributed by atoms with Crippen LogP contribution in [0.3, 0.4) is 0 Å². The van der Waals surface area contributed by atoms with Crippen molar-refractivity contribution in [3.8, 4) is 45.8 Å². The number of hydrogen-bond donors (Lipinski definition) is 0. The van der Waals surface area contributed by atoms with E-state index < -0.39 is 0 Å². The Hall–Kier alpha value is -10.8. The average molecular weight is 971 g/mol. The van der Waals surface area contributed by atoms with Crippen molar-refractivity contribution in [2.75, 3.05) is 0 Å². The van der Waals surface area contributed by atoms with Gasteiger partial charge in [-0.2, -0.15) is 10.5 Å². The smallest absolute Gasteiger partial charge is 0.145 e. The molecule has 76 heavy (non-hydrogen) atoms. The first-order valence-corrected chi connectivity index (χ1v) is 25.2. The molecular formula is C68H34N4O4. The minimum absolute atomic E-state index is 0.252. The maximum absolute atomic E-state index is 11.5. The minimum Gasteiger partial charge on any atom is -0.456 e. The van der Waals surface area contributed by atoms with Gasteiger partial charge in [-0.1, -0.05) is 97.1 Å². The maximum atomic E-state index is 11.5. The Balaban J connectivity index is 0.906. The molecule has 0 bridgehead atoms. The van der Waals surface area contributed by atoms with Crippen LogP contribution in [0.15, 0.2) is 224 Å². The van der Waals surface area contributed by atoms with Crippen LogP contribution in [-0.2, 0) is 0 Å². The summed E-state index contributed by atoms with van der Waals surface area (Å²) in [6, 6.07) is 75.5. The van der Waals surface area contributed by atoms with Gasteiger partial charge in [0.25, 0.3) is 0 Å². The van der Waals surface area contributed by atoms with Crippen LogP contribution in [0.5, 0.6) is 0 Å². The van der Waals surface area contributed by atoms with Crippen molar-refractivity contribution in [3.63, 3.8) is 0 Å². The van der Waals surface area contributed by atoms with Gasteiger partial charge in [-0.15, -0.1) is 0 Å². The van der Waals surface area contributed by atoms with Gasteiger partial charge in [-0.05, 0) is 131 Å². The largest absolute Gasteiger partial charge is 0.456 e. The molecule has 0 atom stereocenters. The molecule has 6 heterocycles.